The van der Waals surface area contributed by atoms with Crippen LogP contribution in [0.4, 0.5) is 0 Å². The summed E-state index contributed by atoms with van der Waals surface area (Å²) in [6.07, 6.45) is 2.74. The maximum absolute atomic E-state index is 12.2. The summed E-state index contributed by atoms with van der Waals surface area (Å²) in [6, 6.07) is 0. The zero-order valence-corrected chi connectivity index (χ0v) is 17.1. The van der Waals surface area contributed by atoms with Crippen molar-refractivity contribution in [2.24, 2.45) is 16.7 Å². The van der Waals surface area contributed by atoms with Gasteiger partial charge in [0.1, 0.15) is 13.2 Å². The van der Waals surface area contributed by atoms with E-state index in [4.69, 9.17) is 14.2 Å². The van der Waals surface area contributed by atoms with E-state index in [1.807, 2.05) is 27.7 Å². The van der Waals surface area contributed by atoms with Gasteiger partial charge in [0, 0.05) is 0 Å². The van der Waals surface area contributed by atoms with Crippen LogP contribution in [0.3, 0.4) is 0 Å². The van der Waals surface area contributed by atoms with Gasteiger partial charge in [-0.05, 0) is 32.6 Å². The molecule has 0 spiro atoms. The van der Waals surface area contributed by atoms with E-state index in [1.165, 1.54) is 0 Å². The van der Waals surface area contributed by atoms with Crippen molar-refractivity contribution in [3.8, 4) is 0 Å². The molecule has 0 N–H and O–H groups in total. The number of carbonyl (C=O) groups excluding carboxylic acids is 4. The predicted molar refractivity (Wildman–Crippen MR) is 97.4 cm³/mol. The Morgan fingerprint density at radius 1 is 1.15 bits per heavy atom. The summed E-state index contributed by atoms with van der Waals surface area (Å²) in [5.74, 6) is -2.45. The molecule has 0 saturated carbocycles. The first-order valence-corrected chi connectivity index (χ1v) is 9.73. The van der Waals surface area contributed by atoms with E-state index in [0.717, 1.165) is 0 Å². The molecular formula is C20H32O7. The number of carbonyl (C=O) groups is 4. The minimum absolute atomic E-state index is 0.00151. The standard InChI is InChI=1S/C20H32O7/c1-6-9-20(13-15(21)27-18(20)24)12-14(4)16(22)25-10-11-26-17(23)19(5,7-2)8-3/h14H,6-13H2,1-5H3. The highest BCUT2D eigenvalue weighted by Gasteiger charge is 2.49. The van der Waals surface area contributed by atoms with Crippen molar-refractivity contribution in [3.63, 3.8) is 0 Å². The van der Waals surface area contributed by atoms with Gasteiger partial charge in [-0.25, -0.2) is 0 Å². The van der Waals surface area contributed by atoms with Gasteiger partial charge in [-0.3, -0.25) is 19.2 Å². The molecule has 1 fully saturated rings. The summed E-state index contributed by atoms with van der Waals surface area (Å²) in [5.41, 5.74) is -1.47. The third kappa shape index (κ3) is 5.78. The average Bonchev–Trinajstić information content (AvgIpc) is 2.90. The summed E-state index contributed by atoms with van der Waals surface area (Å²) in [6.45, 7) is 9.23. The summed E-state index contributed by atoms with van der Waals surface area (Å²) in [4.78, 5) is 47.9. The van der Waals surface area contributed by atoms with Gasteiger partial charge in [0.25, 0.3) is 0 Å². The molecule has 2 unspecified atom stereocenters. The van der Waals surface area contributed by atoms with Gasteiger partial charge in [0.15, 0.2) is 0 Å². The molecule has 0 aromatic heterocycles. The van der Waals surface area contributed by atoms with Crippen LogP contribution < -0.4 is 0 Å². The number of esters is 4. The van der Waals surface area contributed by atoms with E-state index >= 15 is 0 Å². The van der Waals surface area contributed by atoms with Gasteiger partial charge in [0.2, 0.25) is 0 Å². The molecule has 7 nitrogen and oxygen atoms in total. The largest absolute Gasteiger partial charge is 0.462 e. The van der Waals surface area contributed by atoms with E-state index in [1.54, 1.807) is 6.92 Å². The number of rotatable bonds is 11. The Bertz CT molecular complexity index is 565. The molecular weight excluding hydrogens is 352 g/mol. The Kier molecular flexibility index (Phi) is 8.44. The molecule has 0 amide bonds. The molecule has 1 rings (SSSR count). The lowest BCUT2D eigenvalue weighted by Gasteiger charge is -2.26. The first-order valence-electron chi connectivity index (χ1n) is 9.73. The molecule has 2 atom stereocenters. The summed E-state index contributed by atoms with van der Waals surface area (Å²) in [5, 5.41) is 0. The Morgan fingerprint density at radius 2 is 1.74 bits per heavy atom. The van der Waals surface area contributed by atoms with Gasteiger partial charge >= 0.3 is 23.9 Å². The SMILES string of the molecule is CCCC1(CC(C)C(=O)OCCOC(=O)C(C)(CC)CC)CC(=O)OC1=O. The fourth-order valence-corrected chi connectivity index (χ4v) is 3.32. The lowest BCUT2D eigenvalue weighted by Crippen LogP contribution is -2.32. The lowest BCUT2D eigenvalue weighted by molar-refractivity contribution is -0.162. The highest BCUT2D eigenvalue weighted by molar-refractivity contribution is 5.97. The molecule has 0 aromatic carbocycles. The Hall–Kier alpha value is -1.92. The summed E-state index contributed by atoms with van der Waals surface area (Å²) >= 11 is 0. The fraction of sp³-hybridized carbons (Fsp3) is 0.800. The smallest absolute Gasteiger partial charge is 0.320 e. The molecule has 0 radical (unpaired) electrons. The van der Waals surface area contributed by atoms with Crippen LogP contribution in [0.1, 0.15) is 73.1 Å². The molecule has 1 aliphatic heterocycles. The van der Waals surface area contributed by atoms with Crippen molar-refractivity contribution in [2.45, 2.75) is 73.1 Å². The van der Waals surface area contributed by atoms with E-state index in [0.29, 0.717) is 25.7 Å². The Labute approximate surface area is 161 Å². The van der Waals surface area contributed by atoms with Crippen LogP contribution in [-0.2, 0) is 33.4 Å². The number of hydrogen-bond donors (Lipinski definition) is 0. The maximum atomic E-state index is 12.2. The van der Waals surface area contributed by atoms with Crippen LogP contribution in [0.15, 0.2) is 0 Å². The maximum Gasteiger partial charge on any atom is 0.320 e. The van der Waals surface area contributed by atoms with Gasteiger partial charge in [-0.2, -0.15) is 0 Å². The molecule has 1 heterocycles. The quantitative estimate of drug-likeness (QED) is 0.234. The zero-order chi connectivity index (χ0) is 20.7. The number of ether oxygens (including phenoxy) is 3. The van der Waals surface area contributed by atoms with Crippen LogP contribution in [0.2, 0.25) is 0 Å². The normalized spacial score (nSPS) is 20.9. The predicted octanol–water partition coefficient (Wildman–Crippen LogP) is 3.19. The monoisotopic (exact) mass is 384 g/mol. The molecule has 154 valence electrons. The van der Waals surface area contributed by atoms with E-state index < -0.39 is 34.7 Å². The highest BCUT2D eigenvalue weighted by Crippen LogP contribution is 2.41. The number of hydrogen-bond acceptors (Lipinski definition) is 7. The van der Waals surface area contributed by atoms with Crippen molar-refractivity contribution in [1.29, 1.82) is 0 Å². The van der Waals surface area contributed by atoms with E-state index in [9.17, 15) is 19.2 Å². The van der Waals surface area contributed by atoms with Crippen LogP contribution in [0.25, 0.3) is 0 Å². The van der Waals surface area contributed by atoms with Crippen molar-refractivity contribution < 1.29 is 33.4 Å². The van der Waals surface area contributed by atoms with Crippen LogP contribution in [0, 0.1) is 16.7 Å². The second kappa shape index (κ2) is 9.85. The minimum Gasteiger partial charge on any atom is -0.462 e. The summed E-state index contributed by atoms with van der Waals surface area (Å²) < 4.78 is 15.1. The minimum atomic E-state index is -0.944. The Balaban J connectivity index is 2.49. The van der Waals surface area contributed by atoms with Crippen LogP contribution in [0.5, 0.6) is 0 Å². The van der Waals surface area contributed by atoms with Gasteiger partial charge < -0.3 is 14.2 Å². The zero-order valence-electron chi connectivity index (χ0n) is 17.1. The van der Waals surface area contributed by atoms with Gasteiger partial charge in [-0.1, -0.05) is 34.1 Å². The van der Waals surface area contributed by atoms with E-state index in [-0.39, 0.29) is 32.0 Å². The Morgan fingerprint density at radius 3 is 2.22 bits per heavy atom. The third-order valence-corrected chi connectivity index (χ3v) is 5.56. The van der Waals surface area contributed by atoms with Crippen LogP contribution >= 0.6 is 0 Å². The molecule has 0 aliphatic carbocycles. The highest BCUT2D eigenvalue weighted by atomic mass is 16.6. The lowest BCUT2D eigenvalue weighted by atomic mass is 9.75. The summed E-state index contributed by atoms with van der Waals surface area (Å²) in [7, 11) is 0. The molecule has 1 aliphatic rings. The molecule has 0 bridgehead atoms. The van der Waals surface area contributed by atoms with Gasteiger partial charge in [-0.15, -0.1) is 0 Å². The fourth-order valence-electron chi connectivity index (χ4n) is 3.32. The topological polar surface area (TPSA) is 96.0 Å². The molecule has 27 heavy (non-hydrogen) atoms. The number of cyclic esters (lactones) is 2. The first-order chi connectivity index (χ1) is 12.6. The van der Waals surface area contributed by atoms with Crippen molar-refractivity contribution >= 4 is 23.9 Å². The average molecular weight is 384 g/mol. The van der Waals surface area contributed by atoms with Crippen LogP contribution in [-0.4, -0.2) is 37.1 Å². The molecule has 0 aromatic rings. The molecule has 7 heteroatoms. The second-order valence-corrected chi connectivity index (χ2v) is 7.64. The van der Waals surface area contributed by atoms with Crippen molar-refractivity contribution in [1.82, 2.24) is 0 Å². The molecule has 1 saturated heterocycles. The third-order valence-electron chi connectivity index (χ3n) is 5.56. The van der Waals surface area contributed by atoms with Crippen molar-refractivity contribution in [3.05, 3.63) is 0 Å². The first kappa shape index (κ1) is 23.1. The van der Waals surface area contributed by atoms with E-state index in [2.05, 4.69) is 0 Å². The second-order valence-electron chi connectivity index (χ2n) is 7.64. The van der Waals surface area contributed by atoms with Gasteiger partial charge in [0.05, 0.1) is 23.2 Å². The van der Waals surface area contributed by atoms with Crippen molar-refractivity contribution in [2.75, 3.05) is 13.2 Å².